The van der Waals surface area contributed by atoms with E-state index < -0.39 is 0 Å². The van der Waals surface area contributed by atoms with E-state index in [0.717, 1.165) is 19.3 Å². The van der Waals surface area contributed by atoms with E-state index in [2.05, 4.69) is 25.2 Å². The second-order valence-corrected chi connectivity index (χ2v) is 5.75. The van der Waals surface area contributed by atoms with Gasteiger partial charge >= 0.3 is 0 Å². The van der Waals surface area contributed by atoms with Crippen LogP contribution in [0, 0.1) is 17.3 Å². The Morgan fingerprint density at radius 3 is 2.88 bits per heavy atom. The molecule has 4 rings (SSSR count). The molecule has 4 aliphatic rings. The molecular weight excluding hydrogens is 212 g/mol. The van der Waals surface area contributed by atoms with E-state index in [1.54, 1.807) is 0 Å². The van der Waals surface area contributed by atoms with Crippen LogP contribution in [0.5, 0.6) is 0 Å². The van der Waals surface area contributed by atoms with Gasteiger partial charge in [0, 0.05) is 24.2 Å². The number of ketones is 2. The van der Waals surface area contributed by atoms with Crippen LogP contribution in [0.3, 0.4) is 0 Å². The van der Waals surface area contributed by atoms with Crippen LogP contribution in [-0.2, 0) is 9.59 Å². The van der Waals surface area contributed by atoms with Crippen LogP contribution in [-0.4, -0.2) is 11.6 Å². The van der Waals surface area contributed by atoms with Gasteiger partial charge in [-0.3, -0.25) is 9.59 Å². The molecule has 0 N–H and O–H groups in total. The van der Waals surface area contributed by atoms with Crippen molar-refractivity contribution in [3.63, 3.8) is 0 Å². The van der Waals surface area contributed by atoms with E-state index in [9.17, 15) is 9.59 Å². The quantitative estimate of drug-likeness (QED) is 0.600. The number of Topliss-reactive ketones (excluding diaryl/α,β-unsaturated/α-hetero) is 2. The molecule has 0 radical (unpaired) electrons. The van der Waals surface area contributed by atoms with Crippen LogP contribution in [0.25, 0.3) is 0 Å². The first-order valence-corrected chi connectivity index (χ1v) is 6.53. The Hall–Kier alpha value is -1.18. The number of carbonyl (C=O) groups is 2. The Kier molecular flexibility index (Phi) is 2.35. The van der Waals surface area contributed by atoms with Gasteiger partial charge in [-0.2, -0.15) is 0 Å². The molecule has 0 heterocycles. The summed E-state index contributed by atoms with van der Waals surface area (Å²) >= 11 is 0. The number of hydrogen-bond acceptors (Lipinski definition) is 2. The fourth-order valence-electron chi connectivity index (χ4n) is 3.78. The predicted molar refractivity (Wildman–Crippen MR) is 65.4 cm³/mol. The summed E-state index contributed by atoms with van der Waals surface area (Å²) in [5.41, 5.74) is 0.938. The average molecular weight is 230 g/mol. The van der Waals surface area contributed by atoms with Crippen molar-refractivity contribution < 1.29 is 9.59 Å². The van der Waals surface area contributed by atoms with E-state index >= 15 is 0 Å². The molecular formula is C15H18O2. The smallest absolute Gasteiger partial charge is 0.141 e. The molecule has 1 saturated carbocycles. The highest BCUT2D eigenvalue weighted by Crippen LogP contribution is 2.53. The average Bonchev–Trinajstić information content (AvgIpc) is 2.46. The molecule has 0 aliphatic heterocycles. The first-order valence-electron chi connectivity index (χ1n) is 6.53. The highest BCUT2D eigenvalue weighted by atomic mass is 16.1. The fraction of sp³-hybridized carbons (Fsp3) is 0.600. The second-order valence-electron chi connectivity index (χ2n) is 5.75. The van der Waals surface area contributed by atoms with E-state index in [-0.39, 0.29) is 17.1 Å². The maximum Gasteiger partial charge on any atom is 0.141 e. The summed E-state index contributed by atoms with van der Waals surface area (Å²) in [5, 5.41) is 0. The summed E-state index contributed by atoms with van der Waals surface area (Å²) in [6, 6.07) is 0. The summed E-state index contributed by atoms with van der Waals surface area (Å²) in [6.07, 6.45) is 10.1. The summed E-state index contributed by atoms with van der Waals surface area (Å²) in [4.78, 5) is 24.5. The number of rotatable bonds is 0. The highest BCUT2D eigenvalue weighted by Gasteiger charge is 2.54. The molecule has 2 bridgehead atoms. The minimum atomic E-state index is -0.382. The molecule has 4 aliphatic carbocycles. The van der Waals surface area contributed by atoms with Crippen LogP contribution in [0.15, 0.2) is 23.8 Å². The summed E-state index contributed by atoms with van der Waals surface area (Å²) in [5.74, 6) is 0.788. The van der Waals surface area contributed by atoms with Crippen molar-refractivity contribution in [1.82, 2.24) is 0 Å². The molecule has 0 aromatic rings. The lowest BCUT2D eigenvalue weighted by molar-refractivity contribution is -0.143. The van der Waals surface area contributed by atoms with Gasteiger partial charge in [0.2, 0.25) is 0 Å². The SMILES string of the molecule is CC1=C[C@@H]2C(=O)C[C@H]1C[C@@]21CC=CCCC1=O. The predicted octanol–water partition coefficient (Wildman–Crippen LogP) is 2.84. The lowest BCUT2D eigenvalue weighted by Gasteiger charge is -2.47. The molecule has 90 valence electrons. The Morgan fingerprint density at radius 2 is 2.12 bits per heavy atom. The molecule has 0 aromatic carbocycles. The fourth-order valence-corrected chi connectivity index (χ4v) is 3.78. The maximum absolute atomic E-state index is 12.4. The topological polar surface area (TPSA) is 34.1 Å². The van der Waals surface area contributed by atoms with Crippen molar-refractivity contribution in [3.8, 4) is 0 Å². The molecule has 0 saturated heterocycles. The second kappa shape index (κ2) is 3.66. The number of allylic oxidation sites excluding steroid dienone is 4. The third-order valence-corrected chi connectivity index (χ3v) is 4.82. The lowest BCUT2D eigenvalue weighted by Crippen LogP contribution is -2.50. The standard InChI is InChI=1S/C15H18O2/c1-10-7-12-13(16)8-11(10)9-15(12)6-4-2-3-5-14(15)17/h2,4,7,11-12H,3,5-6,8-9H2,1H3/t11-,12+,15-/m0/s1. The number of fused-ring (bicyclic) bond motifs is 1. The van der Waals surface area contributed by atoms with Crippen molar-refractivity contribution in [2.24, 2.45) is 17.3 Å². The Bertz CT molecular complexity index is 444. The van der Waals surface area contributed by atoms with Crippen LogP contribution in [0.2, 0.25) is 0 Å². The molecule has 2 heteroatoms. The third-order valence-electron chi connectivity index (χ3n) is 4.82. The van der Waals surface area contributed by atoms with Gasteiger partial charge in [-0.25, -0.2) is 0 Å². The molecule has 2 nitrogen and oxygen atoms in total. The molecule has 0 aromatic heterocycles. The molecule has 0 unspecified atom stereocenters. The van der Waals surface area contributed by atoms with Crippen LogP contribution in [0.1, 0.15) is 39.0 Å². The van der Waals surface area contributed by atoms with Crippen LogP contribution >= 0.6 is 0 Å². The minimum Gasteiger partial charge on any atom is -0.299 e. The van der Waals surface area contributed by atoms with Gasteiger partial charge in [-0.1, -0.05) is 23.8 Å². The van der Waals surface area contributed by atoms with E-state index in [1.807, 2.05) is 0 Å². The lowest BCUT2D eigenvalue weighted by atomic mass is 9.54. The monoisotopic (exact) mass is 230 g/mol. The van der Waals surface area contributed by atoms with Crippen molar-refractivity contribution in [2.45, 2.75) is 39.0 Å². The van der Waals surface area contributed by atoms with Gasteiger partial charge in [0.25, 0.3) is 0 Å². The zero-order chi connectivity index (χ0) is 12.0. The largest absolute Gasteiger partial charge is 0.299 e. The minimum absolute atomic E-state index is 0.136. The molecule has 17 heavy (non-hydrogen) atoms. The molecule has 1 fully saturated rings. The molecule has 0 amide bonds. The normalized spacial score (nSPS) is 40.6. The summed E-state index contributed by atoms with van der Waals surface area (Å²) in [6.45, 7) is 2.11. The van der Waals surface area contributed by atoms with Crippen molar-refractivity contribution in [2.75, 3.05) is 0 Å². The Labute approximate surface area is 102 Å². The van der Waals surface area contributed by atoms with Crippen LogP contribution in [0.4, 0.5) is 0 Å². The zero-order valence-corrected chi connectivity index (χ0v) is 10.2. The molecule has 1 spiro atoms. The molecule has 3 atom stereocenters. The van der Waals surface area contributed by atoms with Crippen molar-refractivity contribution >= 4 is 11.6 Å². The van der Waals surface area contributed by atoms with Gasteiger partial charge < -0.3 is 0 Å². The number of carbonyl (C=O) groups excluding carboxylic acids is 2. The third kappa shape index (κ3) is 1.46. The highest BCUT2D eigenvalue weighted by molar-refractivity contribution is 5.96. The van der Waals surface area contributed by atoms with Crippen molar-refractivity contribution in [1.29, 1.82) is 0 Å². The zero-order valence-electron chi connectivity index (χ0n) is 10.2. The van der Waals surface area contributed by atoms with E-state index in [0.29, 0.717) is 24.5 Å². The van der Waals surface area contributed by atoms with Gasteiger partial charge in [0.15, 0.2) is 0 Å². The summed E-state index contributed by atoms with van der Waals surface area (Å²) in [7, 11) is 0. The summed E-state index contributed by atoms with van der Waals surface area (Å²) < 4.78 is 0. The first kappa shape index (κ1) is 10.9. The number of hydrogen-bond donors (Lipinski definition) is 0. The Morgan fingerprint density at radius 1 is 1.29 bits per heavy atom. The van der Waals surface area contributed by atoms with Gasteiger partial charge in [-0.05, 0) is 32.1 Å². The van der Waals surface area contributed by atoms with Gasteiger partial charge in [0.1, 0.15) is 11.6 Å². The van der Waals surface area contributed by atoms with Gasteiger partial charge in [-0.15, -0.1) is 0 Å². The van der Waals surface area contributed by atoms with Crippen LogP contribution < -0.4 is 0 Å². The van der Waals surface area contributed by atoms with E-state index in [1.165, 1.54) is 5.57 Å². The van der Waals surface area contributed by atoms with Gasteiger partial charge in [0.05, 0.1) is 0 Å². The maximum atomic E-state index is 12.4. The first-order chi connectivity index (χ1) is 8.13. The Balaban J connectivity index is 2.06. The van der Waals surface area contributed by atoms with E-state index in [4.69, 9.17) is 0 Å². The van der Waals surface area contributed by atoms with Crippen molar-refractivity contribution in [3.05, 3.63) is 23.8 Å².